The third-order valence-corrected chi connectivity index (χ3v) is 2.91. The number of nitrogens with zero attached hydrogens (tertiary/aromatic N) is 2. The number of rotatable bonds is 5. The lowest BCUT2D eigenvalue weighted by Crippen LogP contribution is -2.29. The molecule has 1 unspecified atom stereocenters. The van der Waals surface area contributed by atoms with Gasteiger partial charge in [0.15, 0.2) is 5.78 Å². The Kier molecular flexibility index (Phi) is 5.33. The number of hydrogen-bond donors (Lipinski definition) is 0. The Morgan fingerprint density at radius 1 is 1.47 bits per heavy atom. The number of halogens is 1. The van der Waals surface area contributed by atoms with Crippen molar-refractivity contribution in [3.05, 3.63) is 34.3 Å². The Labute approximate surface area is 110 Å². The van der Waals surface area contributed by atoms with E-state index in [1.807, 2.05) is 31.0 Å². The Morgan fingerprint density at radius 3 is 2.59 bits per heavy atom. The van der Waals surface area contributed by atoms with E-state index in [-0.39, 0.29) is 11.7 Å². The third kappa shape index (κ3) is 4.68. The van der Waals surface area contributed by atoms with Crippen LogP contribution in [0.5, 0.6) is 0 Å². The highest BCUT2D eigenvalue weighted by Gasteiger charge is 2.11. The van der Waals surface area contributed by atoms with E-state index < -0.39 is 0 Å². The van der Waals surface area contributed by atoms with Crippen LogP contribution in [0.25, 0.3) is 0 Å². The number of benzene rings is 1. The number of hydrogen-bond acceptors (Lipinski definition) is 3. The van der Waals surface area contributed by atoms with Gasteiger partial charge < -0.3 is 0 Å². The van der Waals surface area contributed by atoms with E-state index in [2.05, 4.69) is 22.0 Å². The molecule has 0 spiro atoms. The maximum absolute atomic E-state index is 11.9. The molecule has 0 amide bonds. The van der Waals surface area contributed by atoms with Gasteiger partial charge >= 0.3 is 0 Å². The topological polar surface area (TPSA) is 44.1 Å². The first-order valence-electron chi connectivity index (χ1n) is 5.40. The fourth-order valence-corrected chi connectivity index (χ4v) is 1.81. The van der Waals surface area contributed by atoms with Gasteiger partial charge in [0.1, 0.15) is 0 Å². The summed E-state index contributed by atoms with van der Waals surface area (Å²) in [6.07, 6.45) is 0. The molecule has 1 aromatic carbocycles. The van der Waals surface area contributed by atoms with Gasteiger partial charge in [0.05, 0.1) is 18.5 Å². The molecule has 0 saturated heterocycles. The predicted molar refractivity (Wildman–Crippen MR) is 70.7 cm³/mol. The van der Waals surface area contributed by atoms with Gasteiger partial charge in [0, 0.05) is 16.6 Å². The molecule has 0 heterocycles. The maximum atomic E-state index is 11.9. The maximum Gasteiger partial charge on any atom is 0.176 e. The van der Waals surface area contributed by atoms with E-state index in [0.29, 0.717) is 18.7 Å². The molecule has 0 saturated carbocycles. The molecule has 1 aromatic rings. The van der Waals surface area contributed by atoms with Gasteiger partial charge in [-0.2, -0.15) is 5.26 Å². The molecule has 3 nitrogen and oxygen atoms in total. The smallest absolute Gasteiger partial charge is 0.176 e. The van der Waals surface area contributed by atoms with Crippen molar-refractivity contribution in [2.24, 2.45) is 5.92 Å². The minimum Gasteiger partial charge on any atom is -0.298 e. The molecule has 0 bridgehead atoms. The summed E-state index contributed by atoms with van der Waals surface area (Å²) in [6.45, 7) is 2.80. The average molecular weight is 295 g/mol. The first kappa shape index (κ1) is 13.9. The van der Waals surface area contributed by atoms with Crippen molar-refractivity contribution in [1.29, 1.82) is 5.26 Å². The number of likely N-dealkylation sites (N-methyl/N-ethyl adjacent to an activating group) is 1. The molecule has 0 radical (unpaired) electrons. The molecule has 0 N–H and O–H groups in total. The summed E-state index contributed by atoms with van der Waals surface area (Å²) >= 11 is 3.33. The van der Waals surface area contributed by atoms with Crippen LogP contribution < -0.4 is 0 Å². The van der Waals surface area contributed by atoms with E-state index in [1.54, 1.807) is 12.1 Å². The molecule has 0 aliphatic rings. The average Bonchev–Trinajstić information content (AvgIpc) is 2.29. The van der Waals surface area contributed by atoms with E-state index in [4.69, 9.17) is 5.26 Å². The van der Waals surface area contributed by atoms with Crippen molar-refractivity contribution in [2.75, 3.05) is 20.1 Å². The van der Waals surface area contributed by atoms with Crippen LogP contribution in [0.3, 0.4) is 0 Å². The summed E-state index contributed by atoms with van der Waals surface area (Å²) in [5.74, 6) is 0.0165. The lowest BCUT2D eigenvalue weighted by atomic mass is 10.1. The molecule has 0 aromatic heterocycles. The first-order valence-corrected chi connectivity index (χ1v) is 6.19. The molecule has 1 atom stereocenters. The lowest BCUT2D eigenvalue weighted by molar-refractivity contribution is 0.0943. The zero-order valence-electron chi connectivity index (χ0n) is 9.98. The first-order chi connectivity index (χ1) is 8.02. The van der Waals surface area contributed by atoms with Crippen LogP contribution in [0.15, 0.2) is 28.7 Å². The van der Waals surface area contributed by atoms with Gasteiger partial charge in [0.2, 0.25) is 0 Å². The van der Waals surface area contributed by atoms with E-state index in [1.165, 1.54) is 0 Å². The summed E-state index contributed by atoms with van der Waals surface area (Å²) in [4.78, 5) is 13.8. The van der Waals surface area contributed by atoms with Crippen molar-refractivity contribution in [1.82, 2.24) is 4.90 Å². The zero-order valence-corrected chi connectivity index (χ0v) is 11.6. The van der Waals surface area contributed by atoms with Gasteiger partial charge in [-0.3, -0.25) is 9.69 Å². The highest BCUT2D eigenvalue weighted by Crippen LogP contribution is 2.11. The molecular weight excluding hydrogens is 280 g/mol. The van der Waals surface area contributed by atoms with Crippen LogP contribution in [-0.4, -0.2) is 30.8 Å². The fourth-order valence-electron chi connectivity index (χ4n) is 1.55. The van der Waals surface area contributed by atoms with Crippen molar-refractivity contribution < 1.29 is 4.79 Å². The Balaban J connectivity index is 2.55. The monoisotopic (exact) mass is 294 g/mol. The van der Waals surface area contributed by atoms with E-state index in [0.717, 1.165) is 4.47 Å². The highest BCUT2D eigenvalue weighted by atomic mass is 79.9. The molecule has 17 heavy (non-hydrogen) atoms. The number of carbonyl (C=O) groups excluding carboxylic acids is 1. The van der Waals surface area contributed by atoms with Gasteiger partial charge in [-0.25, -0.2) is 0 Å². The SMILES string of the molecule is CC(C#N)CN(C)CC(=O)c1ccc(Br)cc1. The fraction of sp³-hybridized carbons (Fsp3) is 0.385. The van der Waals surface area contributed by atoms with Crippen LogP contribution in [-0.2, 0) is 0 Å². The molecule has 90 valence electrons. The predicted octanol–water partition coefficient (Wildman–Crippen LogP) is 2.72. The van der Waals surface area contributed by atoms with Gasteiger partial charge in [0.25, 0.3) is 0 Å². The molecule has 0 aliphatic heterocycles. The van der Waals surface area contributed by atoms with Crippen LogP contribution in [0.2, 0.25) is 0 Å². The summed E-state index contributed by atoms with van der Waals surface area (Å²) in [5.41, 5.74) is 0.699. The minimum atomic E-state index is -0.0577. The largest absolute Gasteiger partial charge is 0.298 e. The Bertz CT molecular complexity index is 422. The number of nitriles is 1. The summed E-state index contributed by atoms with van der Waals surface area (Å²) in [7, 11) is 1.85. The Hall–Kier alpha value is -1.18. The summed E-state index contributed by atoms with van der Waals surface area (Å²) in [6, 6.07) is 9.46. The molecular formula is C13H15BrN2O. The molecule has 4 heteroatoms. The van der Waals surface area contributed by atoms with Crippen LogP contribution in [0.1, 0.15) is 17.3 Å². The molecule has 0 aliphatic carbocycles. The second-order valence-corrected chi connectivity index (χ2v) is 5.07. The summed E-state index contributed by atoms with van der Waals surface area (Å²) < 4.78 is 0.959. The Morgan fingerprint density at radius 2 is 2.06 bits per heavy atom. The highest BCUT2D eigenvalue weighted by molar-refractivity contribution is 9.10. The quantitative estimate of drug-likeness (QED) is 0.785. The van der Waals surface area contributed by atoms with E-state index >= 15 is 0 Å². The number of ketones is 1. The minimum absolute atomic E-state index is 0.0577. The summed E-state index contributed by atoms with van der Waals surface area (Å²) in [5, 5.41) is 8.70. The second-order valence-electron chi connectivity index (χ2n) is 4.16. The van der Waals surface area contributed by atoms with Crippen molar-refractivity contribution in [3.63, 3.8) is 0 Å². The van der Waals surface area contributed by atoms with Gasteiger partial charge in [-0.1, -0.05) is 28.1 Å². The standard InChI is InChI=1S/C13H15BrN2O/c1-10(7-15)8-16(2)9-13(17)11-3-5-12(14)6-4-11/h3-6,10H,8-9H2,1-2H3. The van der Waals surface area contributed by atoms with Crippen LogP contribution in [0, 0.1) is 17.2 Å². The van der Waals surface area contributed by atoms with Crippen molar-refractivity contribution in [2.45, 2.75) is 6.92 Å². The molecule has 0 fully saturated rings. The third-order valence-electron chi connectivity index (χ3n) is 2.39. The second kappa shape index (κ2) is 6.53. The van der Waals surface area contributed by atoms with Crippen LogP contribution in [0.4, 0.5) is 0 Å². The van der Waals surface area contributed by atoms with Gasteiger partial charge in [-0.15, -0.1) is 0 Å². The normalized spacial score (nSPS) is 12.2. The number of carbonyl (C=O) groups is 1. The lowest BCUT2D eigenvalue weighted by Gasteiger charge is -2.16. The van der Waals surface area contributed by atoms with Crippen molar-refractivity contribution >= 4 is 21.7 Å². The van der Waals surface area contributed by atoms with E-state index in [9.17, 15) is 4.79 Å². The van der Waals surface area contributed by atoms with Crippen LogP contribution >= 0.6 is 15.9 Å². The zero-order chi connectivity index (χ0) is 12.8. The van der Waals surface area contributed by atoms with Gasteiger partial charge in [-0.05, 0) is 26.1 Å². The number of Topliss-reactive ketones (excluding diaryl/α,β-unsaturated/α-hetero) is 1. The molecule has 1 rings (SSSR count). The van der Waals surface area contributed by atoms with Crippen molar-refractivity contribution in [3.8, 4) is 6.07 Å².